The van der Waals surface area contributed by atoms with Crippen molar-refractivity contribution in [3.63, 3.8) is 0 Å². The molecule has 0 aliphatic rings. The normalized spacial score (nSPS) is 13.7. The number of hydrogen-bond donors (Lipinski definition) is 1. The minimum Gasteiger partial charge on any atom is -0.457 e. The van der Waals surface area contributed by atoms with Gasteiger partial charge in [-0.2, -0.15) is 0 Å². The molecule has 0 saturated heterocycles. The number of ether oxygens (including phenoxy) is 2. The molecule has 1 unspecified atom stereocenters. The molecular weight excluding hydrogens is 370 g/mol. The van der Waals surface area contributed by atoms with E-state index in [2.05, 4.69) is 48.5 Å². The fourth-order valence-corrected chi connectivity index (χ4v) is 4.24. The van der Waals surface area contributed by atoms with Gasteiger partial charge in [-0.3, -0.25) is 5.73 Å². The Morgan fingerprint density at radius 1 is 0.867 bits per heavy atom. The van der Waals surface area contributed by atoms with Crippen LogP contribution in [0.1, 0.15) is 75.8 Å². The third kappa shape index (κ3) is 5.44. The molecule has 1 atom stereocenters. The second-order valence-electron chi connectivity index (χ2n) is 9.20. The Kier molecular flexibility index (Phi) is 8.52. The third-order valence-corrected chi connectivity index (χ3v) is 5.79. The summed E-state index contributed by atoms with van der Waals surface area (Å²) in [6.45, 7) is 18.1. The van der Waals surface area contributed by atoms with Gasteiger partial charge in [-0.05, 0) is 86.3 Å². The molecule has 0 bridgehead atoms. The molecule has 2 aromatic rings. The van der Waals surface area contributed by atoms with Crippen LogP contribution < -0.4 is 10.5 Å². The molecule has 30 heavy (non-hydrogen) atoms. The quantitative estimate of drug-likeness (QED) is 0.426. The molecule has 0 fully saturated rings. The van der Waals surface area contributed by atoms with Crippen molar-refractivity contribution >= 4 is 0 Å². The molecule has 0 aliphatic heterocycles. The van der Waals surface area contributed by atoms with Crippen LogP contribution >= 0.6 is 0 Å². The van der Waals surface area contributed by atoms with Crippen molar-refractivity contribution in [1.29, 1.82) is 0 Å². The third-order valence-electron chi connectivity index (χ3n) is 5.79. The Hall–Kier alpha value is -1.84. The average molecular weight is 412 g/mol. The summed E-state index contributed by atoms with van der Waals surface area (Å²) in [5.41, 5.74) is 12.2. The second-order valence-corrected chi connectivity index (χ2v) is 9.20. The summed E-state index contributed by atoms with van der Waals surface area (Å²) in [5.74, 6) is 2.79. The lowest BCUT2D eigenvalue weighted by Gasteiger charge is -2.35. The Morgan fingerprint density at radius 2 is 1.43 bits per heavy atom. The number of nitrogens with two attached hydrogens (primary N) is 1. The molecule has 166 valence electrons. The van der Waals surface area contributed by atoms with Crippen LogP contribution in [0.3, 0.4) is 0 Å². The van der Waals surface area contributed by atoms with E-state index in [0.717, 1.165) is 29.9 Å². The molecule has 3 heteroatoms. The molecule has 0 aromatic heterocycles. The molecule has 0 heterocycles. The van der Waals surface area contributed by atoms with Crippen LogP contribution in [0.2, 0.25) is 0 Å². The predicted octanol–water partition coefficient (Wildman–Crippen LogP) is 7.05. The fourth-order valence-electron chi connectivity index (χ4n) is 4.24. The Labute approximate surface area is 184 Å². The van der Waals surface area contributed by atoms with E-state index in [1.165, 1.54) is 22.3 Å². The number of hydrogen-bond acceptors (Lipinski definition) is 3. The highest BCUT2D eigenvalue weighted by Crippen LogP contribution is 2.44. The molecular formula is C27H41NO2. The maximum atomic E-state index is 6.90. The van der Waals surface area contributed by atoms with E-state index in [1.54, 1.807) is 0 Å². The van der Waals surface area contributed by atoms with Gasteiger partial charge in [-0.1, -0.05) is 52.8 Å². The Balaban J connectivity index is 2.89. The summed E-state index contributed by atoms with van der Waals surface area (Å²) >= 11 is 0. The van der Waals surface area contributed by atoms with Crippen LogP contribution in [0, 0.1) is 25.7 Å². The first-order valence-electron chi connectivity index (χ1n) is 11.5. The number of rotatable bonds is 10. The summed E-state index contributed by atoms with van der Waals surface area (Å²) in [5, 5.41) is 0. The van der Waals surface area contributed by atoms with Crippen molar-refractivity contribution in [2.24, 2.45) is 17.6 Å². The van der Waals surface area contributed by atoms with E-state index >= 15 is 0 Å². The fraction of sp³-hybridized carbons (Fsp3) is 0.556. The monoisotopic (exact) mass is 411 g/mol. The first-order chi connectivity index (χ1) is 14.1. The standard InChI is InChI=1S/C27H41NO2/c1-9-27(28,29-10-2)25-21(8)20(7)23(16-18(3)4)24(17-19(5)6)26(25)30-22-14-12-11-13-15-22/h11-15,18-19H,9-10,16-17,28H2,1-8H3. The van der Waals surface area contributed by atoms with Crippen molar-refractivity contribution in [3.8, 4) is 11.5 Å². The van der Waals surface area contributed by atoms with Gasteiger partial charge >= 0.3 is 0 Å². The smallest absolute Gasteiger partial charge is 0.146 e. The summed E-state index contributed by atoms with van der Waals surface area (Å²) < 4.78 is 12.8. The van der Waals surface area contributed by atoms with Gasteiger partial charge in [0.2, 0.25) is 0 Å². The summed E-state index contributed by atoms with van der Waals surface area (Å²) in [6, 6.07) is 10.0. The van der Waals surface area contributed by atoms with Gasteiger partial charge in [0.15, 0.2) is 0 Å². The van der Waals surface area contributed by atoms with Gasteiger partial charge in [0.05, 0.1) is 0 Å². The molecule has 2 rings (SSSR count). The highest BCUT2D eigenvalue weighted by atomic mass is 16.5. The predicted molar refractivity (Wildman–Crippen MR) is 127 cm³/mol. The SMILES string of the molecule is CCOC(N)(CC)c1c(C)c(C)c(CC(C)C)c(CC(C)C)c1Oc1ccccc1. The van der Waals surface area contributed by atoms with E-state index in [-0.39, 0.29) is 0 Å². The lowest BCUT2D eigenvalue weighted by atomic mass is 9.81. The maximum absolute atomic E-state index is 6.90. The largest absolute Gasteiger partial charge is 0.457 e. The van der Waals surface area contributed by atoms with Gasteiger partial charge in [0.1, 0.15) is 17.2 Å². The highest BCUT2D eigenvalue weighted by molar-refractivity contribution is 5.58. The molecule has 2 N–H and O–H groups in total. The van der Waals surface area contributed by atoms with E-state index in [0.29, 0.717) is 24.9 Å². The van der Waals surface area contributed by atoms with E-state index in [4.69, 9.17) is 15.2 Å². The zero-order chi connectivity index (χ0) is 22.5. The van der Waals surface area contributed by atoms with E-state index in [1.807, 2.05) is 37.3 Å². The Morgan fingerprint density at radius 3 is 1.93 bits per heavy atom. The number of benzene rings is 2. The Bertz CT molecular complexity index is 827. The van der Waals surface area contributed by atoms with E-state index in [9.17, 15) is 0 Å². The molecule has 0 spiro atoms. The van der Waals surface area contributed by atoms with Gasteiger partial charge in [0.25, 0.3) is 0 Å². The minimum atomic E-state index is -0.879. The zero-order valence-corrected chi connectivity index (χ0v) is 20.3. The minimum absolute atomic E-state index is 0.505. The zero-order valence-electron chi connectivity index (χ0n) is 20.3. The van der Waals surface area contributed by atoms with Crippen LogP contribution in [-0.4, -0.2) is 6.61 Å². The van der Waals surface area contributed by atoms with Crippen LogP contribution in [0.4, 0.5) is 0 Å². The van der Waals surface area contributed by atoms with Gasteiger partial charge < -0.3 is 9.47 Å². The van der Waals surface area contributed by atoms with Crippen molar-refractivity contribution in [1.82, 2.24) is 0 Å². The van der Waals surface area contributed by atoms with Gasteiger partial charge in [-0.25, -0.2) is 0 Å². The molecule has 0 radical (unpaired) electrons. The first kappa shape index (κ1) is 24.4. The molecule has 0 amide bonds. The summed E-state index contributed by atoms with van der Waals surface area (Å²) in [6.07, 6.45) is 2.65. The summed E-state index contributed by atoms with van der Waals surface area (Å²) in [4.78, 5) is 0. The van der Waals surface area contributed by atoms with Crippen LogP contribution in [-0.2, 0) is 23.3 Å². The van der Waals surface area contributed by atoms with Crippen molar-refractivity contribution in [2.75, 3.05) is 6.61 Å². The van der Waals surface area contributed by atoms with E-state index < -0.39 is 5.72 Å². The van der Waals surface area contributed by atoms with Crippen LogP contribution in [0.15, 0.2) is 30.3 Å². The average Bonchev–Trinajstić information content (AvgIpc) is 2.69. The van der Waals surface area contributed by atoms with Crippen molar-refractivity contribution < 1.29 is 9.47 Å². The van der Waals surface area contributed by atoms with Crippen molar-refractivity contribution in [2.45, 2.75) is 80.4 Å². The topological polar surface area (TPSA) is 44.5 Å². The van der Waals surface area contributed by atoms with Crippen LogP contribution in [0.5, 0.6) is 11.5 Å². The highest BCUT2D eigenvalue weighted by Gasteiger charge is 2.35. The second kappa shape index (κ2) is 10.5. The molecule has 3 nitrogen and oxygen atoms in total. The lowest BCUT2D eigenvalue weighted by Crippen LogP contribution is -2.40. The van der Waals surface area contributed by atoms with Crippen molar-refractivity contribution in [3.05, 3.63) is 58.1 Å². The lowest BCUT2D eigenvalue weighted by molar-refractivity contribution is -0.0445. The first-order valence-corrected chi connectivity index (χ1v) is 11.5. The maximum Gasteiger partial charge on any atom is 0.146 e. The van der Waals surface area contributed by atoms with Gasteiger partial charge in [0, 0.05) is 12.2 Å². The van der Waals surface area contributed by atoms with Gasteiger partial charge in [-0.15, -0.1) is 0 Å². The number of para-hydroxylation sites is 1. The molecule has 0 saturated carbocycles. The molecule has 2 aromatic carbocycles. The molecule has 0 aliphatic carbocycles. The summed E-state index contributed by atoms with van der Waals surface area (Å²) in [7, 11) is 0. The van der Waals surface area contributed by atoms with Crippen LogP contribution in [0.25, 0.3) is 0 Å².